The van der Waals surface area contributed by atoms with Gasteiger partial charge in [0.1, 0.15) is 10.8 Å². The molecule has 5 heteroatoms. The minimum Gasteiger partial charge on any atom is -0.497 e. The molecule has 0 aliphatic rings. The fourth-order valence-electron chi connectivity index (χ4n) is 2.02. The summed E-state index contributed by atoms with van der Waals surface area (Å²) in [6.07, 6.45) is 0. The summed E-state index contributed by atoms with van der Waals surface area (Å²) in [4.78, 5) is 16.6. The Balaban J connectivity index is 1.70. The maximum Gasteiger partial charge on any atom is 0.251 e. The molecule has 0 fully saturated rings. The number of fused-ring (bicyclic) bond motifs is 1. The molecule has 3 rings (SSSR count). The average molecular weight is 298 g/mol. The second kappa shape index (κ2) is 5.93. The fraction of sp³-hybridized carbons (Fsp3) is 0.125. The van der Waals surface area contributed by atoms with Gasteiger partial charge in [-0.2, -0.15) is 0 Å². The third-order valence-electron chi connectivity index (χ3n) is 3.07. The first-order chi connectivity index (χ1) is 10.3. The van der Waals surface area contributed by atoms with E-state index in [-0.39, 0.29) is 5.91 Å². The largest absolute Gasteiger partial charge is 0.497 e. The van der Waals surface area contributed by atoms with Crippen LogP contribution in [0, 0.1) is 0 Å². The minimum absolute atomic E-state index is 0.131. The molecule has 0 unspecified atom stereocenters. The molecule has 4 nitrogen and oxygen atoms in total. The third-order valence-corrected chi connectivity index (χ3v) is 4.11. The van der Waals surface area contributed by atoms with Crippen molar-refractivity contribution in [2.45, 2.75) is 6.54 Å². The fourth-order valence-corrected chi connectivity index (χ4v) is 2.92. The predicted molar refractivity (Wildman–Crippen MR) is 83.8 cm³/mol. The zero-order valence-electron chi connectivity index (χ0n) is 11.5. The molecular weight excluding hydrogens is 284 g/mol. The summed E-state index contributed by atoms with van der Waals surface area (Å²) in [5.41, 5.74) is 1.54. The van der Waals surface area contributed by atoms with E-state index in [4.69, 9.17) is 4.74 Å². The lowest BCUT2D eigenvalue weighted by atomic mass is 10.2. The van der Waals surface area contributed by atoms with Crippen LogP contribution < -0.4 is 10.1 Å². The molecule has 1 N–H and O–H groups in total. The molecule has 0 atom stereocenters. The number of carbonyl (C=O) groups is 1. The number of para-hydroxylation sites is 1. The van der Waals surface area contributed by atoms with Gasteiger partial charge >= 0.3 is 0 Å². The highest BCUT2D eigenvalue weighted by atomic mass is 32.1. The van der Waals surface area contributed by atoms with Gasteiger partial charge in [0.15, 0.2) is 0 Å². The van der Waals surface area contributed by atoms with Gasteiger partial charge in [-0.3, -0.25) is 4.79 Å². The van der Waals surface area contributed by atoms with E-state index in [9.17, 15) is 4.79 Å². The van der Waals surface area contributed by atoms with Gasteiger partial charge in [0.25, 0.3) is 5.91 Å². The Hall–Kier alpha value is -2.40. The van der Waals surface area contributed by atoms with E-state index >= 15 is 0 Å². The van der Waals surface area contributed by atoms with E-state index in [0.29, 0.717) is 17.9 Å². The highest BCUT2D eigenvalue weighted by molar-refractivity contribution is 7.18. The lowest BCUT2D eigenvalue weighted by Gasteiger charge is -2.05. The van der Waals surface area contributed by atoms with Crippen LogP contribution in [-0.2, 0) is 6.54 Å². The number of hydrogen-bond acceptors (Lipinski definition) is 4. The number of hydrogen-bond donors (Lipinski definition) is 1. The average Bonchev–Trinajstić information content (AvgIpc) is 2.95. The first-order valence-electron chi connectivity index (χ1n) is 6.53. The Morgan fingerprint density at radius 3 is 2.90 bits per heavy atom. The third kappa shape index (κ3) is 3.03. The van der Waals surface area contributed by atoms with E-state index in [0.717, 1.165) is 15.2 Å². The topological polar surface area (TPSA) is 51.2 Å². The smallest absolute Gasteiger partial charge is 0.251 e. The summed E-state index contributed by atoms with van der Waals surface area (Å²) in [6, 6.07) is 15.0. The van der Waals surface area contributed by atoms with Gasteiger partial charge in [0.2, 0.25) is 0 Å². The van der Waals surface area contributed by atoms with Crippen LogP contribution in [0.4, 0.5) is 0 Å². The Morgan fingerprint density at radius 1 is 1.24 bits per heavy atom. The maximum absolute atomic E-state index is 12.1. The van der Waals surface area contributed by atoms with Crippen LogP contribution >= 0.6 is 11.3 Å². The molecule has 0 radical (unpaired) electrons. The Bertz CT molecular complexity index is 750. The van der Waals surface area contributed by atoms with E-state index in [1.165, 1.54) is 0 Å². The molecule has 0 aliphatic heterocycles. The molecule has 1 heterocycles. The number of nitrogens with zero attached hydrogens (tertiary/aromatic N) is 1. The first kappa shape index (κ1) is 13.6. The molecule has 0 aliphatic carbocycles. The van der Waals surface area contributed by atoms with Gasteiger partial charge in [-0.25, -0.2) is 4.98 Å². The molecule has 3 aromatic rings. The molecule has 0 saturated heterocycles. The van der Waals surface area contributed by atoms with Crippen LogP contribution in [0.25, 0.3) is 10.2 Å². The zero-order valence-corrected chi connectivity index (χ0v) is 12.3. The molecule has 1 aromatic heterocycles. The highest BCUT2D eigenvalue weighted by Crippen LogP contribution is 2.21. The molecule has 106 valence electrons. The van der Waals surface area contributed by atoms with Crippen LogP contribution in [0.1, 0.15) is 15.4 Å². The SMILES string of the molecule is COc1cccc(C(=O)NCc2nc3ccccc3s2)c1. The van der Waals surface area contributed by atoms with Crippen molar-refractivity contribution in [3.63, 3.8) is 0 Å². The van der Waals surface area contributed by atoms with Crippen LogP contribution in [0.5, 0.6) is 5.75 Å². The molecule has 0 bridgehead atoms. The summed E-state index contributed by atoms with van der Waals surface area (Å²) in [5, 5.41) is 3.78. The van der Waals surface area contributed by atoms with Crippen molar-refractivity contribution in [1.29, 1.82) is 0 Å². The molecule has 21 heavy (non-hydrogen) atoms. The van der Waals surface area contributed by atoms with Crippen molar-refractivity contribution in [1.82, 2.24) is 10.3 Å². The van der Waals surface area contributed by atoms with E-state index in [1.54, 1.807) is 36.6 Å². The number of benzene rings is 2. The summed E-state index contributed by atoms with van der Waals surface area (Å²) < 4.78 is 6.25. The van der Waals surface area contributed by atoms with Gasteiger partial charge in [-0.15, -0.1) is 11.3 Å². The number of carbonyl (C=O) groups excluding carboxylic acids is 1. The Kier molecular flexibility index (Phi) is 3.83. The second-order valence-corrected chi connectivity index (χ2v) is 5.61. The quantitative estimate of drug-likeness (QED) is 0.804. The molecule has 0 spiro atoms. The van der Waals surface area contributed by atoms with Crippen LogP contribution in [0.15, 0.2) is 48.5 Å². The number of thiazole rings is 1. The summed E-state index contributed by atoms with van der Waals surface area (Å²) in [5.74, 6) is 0.538. The van der Waals surface area contributed by atoms with Crippen molar-refractivity contribution in [3.05, 3.63) is 59.1 Å². The lowest BCUT2D eigenvalue weighted by molar-refractivity contribution is 0.0950. The van der Waals surface area contributed by atoms with Crippen LogP contribution in [0.3, 0.4) is 0 Å². The first-order valence-corrected chi connectivity index (χ1v) is 7.34. The summed E-state index contributed by atoms with van der Waals surface area (Å²) >= 11 is 1.59. The monoisotopic (exact) mass is 298 g/mol. The second-order valence-electron chi connectivity index (χ2n) is 4.49. The van der Waals surface area contributed by atoms with E-state index in [1.807, 2.05) is 30.3 Å². The molecule has 1 amide bonds. The Morgan fingerprint density at radius 2 is 2.10 bits per heavy atom. The van der Waals surface area contributed by atoms with Crippen molar-refractivity contribution < 1.29 is 9.53 Å². The zero-order chi connectivity index (χ0) is 14.7. The van der Waals surface area contributed by atoms with Gasteiger partial charge in [-0.05, 0) is 30.3 Å². The standard InChI is InChI=1S/C16H14N2O2S/c1-20-12-6-4-5-11(9-12)16(19)17-10-15-18-13-7-2-3-8-14(13)21-15/h2-9H,10H2,1H3,(H,17,19). The number of amides is 1. The summed E-state index contributed by atoms with van der Waals surface area (Å²) in [7, 11) is 1.58. The number of ether oxygens (including phenoxy) is 1. The molecular formula is C16H14N2O2S. The van der Waals surface area contributed by atoms with Crippen molar-refractivity contribution >= 4 is 27.5 Å². The number of aromatic nitrogens is 1. The molecule has 0 saturated carbocycles. The summed E-state index contributed by atoms with van der Waals surface area (Å²) in [6.45, 7) is 0.426. The van der Waals surface area contributed by atoms with Gasteiger partial charge in [0.05, 0.1) is 23.9 Å². The van der Waals surface area contributed by atoms with Crippen molar-refractivity contribution in [2.24, 2.45) is 0 Å². The van der Waals surface area contributed by atoms with E-state index < -0.39 is 0 Å². The highest BCUT2D eigenvalue weighted by Gasteiger charge is 2.08. The van der Waals surface area contributed by atoms with Crippen LogP contribution in [-0.4, -0.2) is 18.0 Å². The van der Waals surface area contributed by atoms with Gasteiger partial charge in [-0.1, -0.05) is 18.2 Å². The lowest BCUT2D eigenvalue weighted by Crippen LogP contribution is -2.22. The number of nitrogens with one attached hydrogen (secondary N) is 1. The normalized spacial score (nSPS) is 10.5. The predicted octanol–water partition coefficient (Wildman–Crippen LogP) is 3.23. The maximum atomic E-state index is 12.1. The number of methoxy groups -OCH3 is 1. The van der Waals surface area contributed by atoms with Crippen LogP contribution in [0.2, 0.25) is 0 Å². The number of rotatable bonds is 4. The van der Waals surface area contributed by atoms with Gasteiger partial charge in [0, 0.05) is 5.56 Å². The van der Waals surface area contributed by atoms with Crippen molar-refractivity contribution in [2.75, 3.05) is 7.11 Å². The van der Waals surface area contributed by atoms with E-state index in [2.05, 4.69) is 10.3 Å². The molecule has 2 aromatic carbocycles. The minimum atomic E-state index is -0.131. The Labute approximate surface area is 126 Å². The van der Waals surface area contributed by atoms with Crippen molar-refractivity contribution in [3.8, 4) is 5.75 Å². The van der Waals surface area contributed by atoms with Gasteiger partial charge < -0.3 is 10.1 Å².